The van der Waals surface area contributed by atoms with Crippen molar-refractivity contribution in [3.8, 4) is 0 Å². The molecule has 0 aliphatic carbocycles. The van der Waals surface area contributed by atoms with Crippen LogP contribution >= 0.6 is 46.3 Å². The van der Waals surface area contributed by atoms with Crippen molar-refractivity contribution in [1.82, 2.24) is 4.57 Å². The number of thiazole rings is 1. The molecule has 16 heteroatoms. The number of carbonyl (C=O) groups excluding carboxylic acids is 4. The zero-order valence-corrected chi connectivity index (χ0v) is 27.3. The number of benzene rings is 3. The lowest BCUT2D eigenvalue weighted by Crippen LogP contribution is -2.33. The molecule has 4 aromatic rings. The van der Waals surface area contributed by atoms with E-state index in [1.807, 2.05) is 0 Å². The third kappa shape index (κ3) is 5.93. The van der Waals surface area contributed by atoms with E-state index in [9.17, 15) is 34.1 Å². The molecule has 3 atom stereocenters. The van der Waals surface area contributed by atoms with Crippen molar-refractivity contribution in [3.63, 3.8) is 0 Å². The number of esters is 1. The highest BCUT2D eigenvalue weighted by Crippen LogP contribution is 2.55. The number of nitro groups is 1. The Balaban J connectivity index is 1.36. The number of thioether (sulfide) groups is 1. The summed E-state index contributed by atoms with van der Waals surface area (Å²) in [6.07, 6.45) is 0. The molecule has 0 spiro atoms. The zero-order valence-electron chi connectivity index (χ0n) is 24.2. The monoisotopic (exact) mass is 712 g/mol. The van der Waals surface area contributed by atoms with Crippen LogP contribution in [0.2, 0.25) is 10.0 Å². The molecule has 2 aliphatic heterocycles. The number of hydrogen-bond donors (Lipinski definition) is 1. The SMILES string of the molecule is CCOC(=O)c1ccc(NC(=O)Cn2c3c(sc2=O)C(c2cccc(Cl)c2Cl)C2C(=O)N(c4ccc([N+](=O)[O-])cc4)C(=O)C2S3)cc1. The molecular formula is C31H22Cl2N4O8S2. The van der Waals surface area contributed by atoms with E-state index in [0.717, 1.165) is 28.0 Å². The van der Waals surface area contributed by atoms with Gasteiger partial charge < -0.3 is 10.1 Å². The summed E-state index contributed by atoms with van der Waals surface area (Å²) in [5.41, 5.74) is 1.07. The number of anilines is 2. The standard InChI is InChI=1S/C31H22Cl2N4O8S2/c1-2-45-30(41)15-6-8-16(9-7-15)34-21(38)14-35-29-26(47-31(35)42)22(19-4-3-5-20(32)24(19)33)23-25(46-29)28(40)36(27(23)39)17-10-12-18(13-11-17)37(43)44/h3-13,22-23,25H,2,14H2,1H3,(H,34,38). The van der Waals surface area contributed by atoms with Crippen molar-refractivity contribution in [2.75, 3.05) is 16.8 Å². The van der Waals surface area contributed by atoms with E-state index in [-0.39, 0.29) is 28.0 Å². The van der Waals surface area contributed by atoms with Gasteiger partial charge in [0, 0.05) is 28.6 Å². The van der Waals surface area contributed by atoms with Crippen LogP contribution in [0.1, 0.15) is 33.6 Å². The smallest absolute Gasteiger partial charge is 0.338 e. The lowest BCUT2D eigenvalue weighted by Gasteiger charge is -2.31. The Morgan fingerprint density at radius 3 is 2.36 bits per heavy atom. The summed E-state index contributed by atoms with van der Waals surface area (Å²) in [7, 11) is 0. The molecule has 1 fully saturated rings. The summed E-state index contributed by atoms with van der Waals surface area (Å²) in [5.74, 6) is -4.05. The molecular weight excluding hydrogens is 691 g/mol. The van der Waals surface area contributed by atoms with E-state index in [1.165, 1.54) is 53.1 Å². The van der Waals surface area contributed by atoms with Gasteiger partial charge in [-0.25, -0.2) is 9.69 Å². The fourth-order valence-electron chi connectivity index (χ4n) is 5.58. The quantitative estimate of drug-likeness (QED) is 0.104. The first-order valence-electron chi connectivity index (χ1n) is 14.0. The van der Waals surface area contributed by atoms with Crippen LogP contribution in [0.15, 0.2) is 76.6 Å². The number of carbonyl (C=O) groups is 4. The molecule has 3 heterocycles. The molecule has 240 valence electrons. The maximum Gasteiger partial charge on any atom is 0.338 e. The number of fused-ring (bicyclic) bond motifs is 2. The average molecular weight is 714 g/mol. The largest absolute Gasteiger partial charge is 0.462 e. The Morgan fingerprint density at radius 2 is 1.70 bits per heavy atom. The molecule has 3 unspecified atom stereocenters. The average Bonchev–Trinajstić information content (AvgIpc) is 3.49. The highest BCUT2D eigenvalue weighted by Gasteiger charge is 2.57. The number of aromatic nitrogens is 1. The lowest BCUT2D eigenvalue weighted by molar-refractivity contribution is -0.384. The maximum atomic E-state index is 14.0. The molecule has 0 saturated carbocycles. The zero-order chi connectivity index (χ0) is 33.6. The molecule has 47 heavy (non-hydrogen) atoms. The predicted molar refractivity (Wildman–Crippen MR) is 177 cm³/mol. The van der Waals surface area contributed by atoms with Gasteiger partial charge in [0.2, 0.25) is 17.7 Å². The van der Waals surface area contributed by atoms with Gasteiger partial charge in [-0.3, -0.25) is 33.9 Å². The molecule has 0 bridgehead atoms. The van der Waals surface area contributed by atoms with Crippen LogP contribution in [-0.2, 0) is 25.7 Å². The van der Waals surface area contributed by atoms with E-state index in [0.29, 0.717) is 26.7 Å². The van der Waals surface area contributed by atoms with E-state index in [1.54, 1.807) is 25.1 Å². The van der Waals surface area contributed by atoms with E-state index in [4.69, 9.17) is 27.9 Å². The van der Waals surface area contributed by atoms with Crippen molar-refractivity contribution in [1.29, 1.82) is 0 Å². The van der Waals surface area contributed by atoms with Crippen LogP contribution in [-0.4, -0.2) is 45.0 Å². The molecule has 0 radical (unpaired) electrons. The minimum atomic E-state index is -1.01. The molecule has 1 N–H and O–H groups in total. The summed E-state index contributed by atoms with van der Waals surface area (Å²) in [6.45, 7) is 1.51. The number of nitro benzene ring substituents is 1. The van der Waals surface area contributed by atoms with Crippen LogP contribution in [0.4, 0.5) is 17.1 Å². The second-order valence-corrected chi connectivity index (χ2v) is 13.3. The number of halogens is 2. The second kappa shape index (κ2) is 13.0. The number of ether oxygens (including phenoxy) is 1. The van der Waals surface area contributed by atoms with Gasteiger partial charge in [-0.2, -0.15) is 0 Å². The maximum absolute atomic E-state index is 14.0. The predicted octanol–water partition coefficient (Wildman–Crippen LogP) is 5.74. The van der Waals surface area contributed by atoms with Gasteiger partial charge in [-0.15, -0.1) is 0 Å². The number of rotatable bonds is 8. The molecule has 3 aromatic carbocycles. The number of non-ortho nitro benzene ring substituents is 1. The molecule has 2 aliphatic rings. The van der Waals surface area contributed by atoms with Gasteiger partial charge in [-0.1, -0.05) is 58.4 Å². The summed E-state index contributed by atoms with van der Waals surface area (Å²) in [4.78, 5) is 78.0. The Kier molecular flexibility index (Phi) is 8.94. The highest BCUT2D eigenvalue weighted by atomic mass is 35.5. The number of nitrogens with one attached hydrogen (secondary N) is 1. The Bertz CT molecular complexity index is 2010. The first-order chi connectivity index (χ1) is 22.5. The van der Waals surface area contributed by atoms with Crippen molar-refractivity contribution in [2.45, 2.75) is 29.7 Å². The number of amides is 3. The van der Waals surface area contributed by atoms with Gasteiger partial charge in [0.05, 0.1) is 43.8 Å². The van der Waals surface area contributed by atoms with E-state index >= 15 is 0 Å². The summed E-state index contributed by atoms with van der Waals surface area (Å²) in [5, 5.41) is 13.6. The number of imide groups is 1. The van der Waals surface area contributed by atoms with Crippen molar-refractivity contribution >= 4 is 87.1 Å². The third-order valence-electron chi connectivity index (χ3n) is 7.67. The topological polar surface area (TPSA) is 158 Å². The Labute approximate surface area is 284 Å². The van der Waals surface area contributed by atoms with Gasteiger partial charge in [-0.05, 0) is 55.0 Å². The summed E-state index contributed by atoms with van der Waals surface area (Å²) in [6, 6.07) is 16.0. The summed E-state index contributed by atoms with van der Waals surface area (Å²) >= 11 is 14.9. The Morgan fingerprint density at radius 1 is 1.00 bits per heavy atom. The number of nitrogens with zero attached hydrogens (tertiary/aromatic N) is 3. The van der Waals surface area contributed by atoms with E-state index in [2.05, 4.69) is 5.32 Å². The van der Waals surface area contributed by atoms with Crippen LogP contribution in [0.3, 0.4) is 0 Å². The minimum absolute atomic E-state index is 0.154. The van der Waals surface area contributed by atoms with Crippen LogP contribution in [0, 0.1) is 16.0 Å². The third-order valence-corrected chi connectivity index (χ3v) is 11.1. The van der Waals surface area contributed by atoms with Crippen molar-refractivity contribution < 1.29 is 28.8 Å². The number of hydrogen-bond acceptors (Lipinski definition) is 10. The fourth-order valence-corrected chi connectivity index (χ4v) is 8.77. The Hall–Kier alpha value is -4.50. The lowest BCUT2D eigenvalue weighted by atomic mass is 9.83. The van der Waals surface area contributed by atoms with Gasteiger partial charge >= 0.3 is 10.8 Å². The van der Waals surface area contributed by atoms with Gasteiger partial charge in [0.15, 0.2) is 0 Å². The van der Waals surface area contributed by atoms with Gasteiger partial charge in [0.1, 0.15) is 11.8 Å². The fraction of sp³-hybridized carbons (Fsp3) is 0.194. The van der Waals surface area contributed by atoms with Crippen molar-refractivity contribution in [2.24, 2.45) is 5.92 Å². The van der Waals surface area contributed by atoms with E-state index < -0.39 is 57.1 Å². The second-order valence-electron chi connectivity index (χ2n) is 10.4. The highest BCUT2D eigenvalue weighted by molar-refractivity contribution is 8.00. The van der Waals surface area contributed by atoms with Gasteiger partial charge in [0.25, 0.3) is 5.69 Å². The van der Waals surface area contributed by atoms with Crippen molar-refractivity contribution in [3.05, 3.63) is 113 Å². The molecule has 12 nitrogen and oxygen atoms in total. The van der Waals surface area contributed by atoms with Crippen LogP contribution < -0.4 is 15.1 Å². The first kappa shape index (κ1) is 32.4. The molecule has 6 rings (SSSR count). The molecule has 3 amide bonds. The minimum Gasteiger partial charge on any atom is -0.462 e. The van der Waals surface area contributed by atoms with Crippen LogP contribution in [0.5, 0.6) is 0 Å². The molecule has 1 aromatic heterocycles. The normalized spacial score (nSPS) is 18.4. The molecule has 1 saturated heterocycles. The first-order valence-corrected chi connectivity index (χ1v) is 16.5. The van der Waals surface area contributed by atoms with Crippen LogP contribution in [0.25, 0.3) is 0 Å². The summed E-state index contributed by atoms with van der Waals surface area (Å²) < 4.78 is 6.23.